The third-order valence-electron chi connectivity index (χ3n) is 3.25. The second-order valence-electron chi connectivity index (χ2n) is 5.81. The molecule has 0 aromatic heterocycles. The molecule has 1 aromatic rings. The molecule has 0 unspecified atom stereocenters. The average Bonchev–Trinajstić information content (AvgIpc) is 2.19. The molecule has 0 aliphatic carbocycles. The summed E-state index contributed by atoms with van der Waals surface area (Å²) in [7, 11) is 0. The Labute approximate surface area is 101 Å². The zero-order valence-electron chi connectivity index (χ0n) is 11.6. The molecule has 0 atom stereocenters. The minimum Gasteiger partial charge on any atom is -0.0654 e. The van der Waals surface area contributed by atoms with Gasteiger partial charge in [0.1, 0.15) is 0 Å². The maximum atomic E-state index is 2.31. The predicted molar refractivity (Wildman–Crippen MR) is 73.1 cm³/mol. The van der Waals surface area contributed by atoms with Crippen molar-refractivity contribution in [3.05, 3.63) is 34.9 Å². The molecule has 90 valence electrons. The second-order valence-corrected chi connectivity index (χ2v) is 5.81. The second kappa shape index (κ2) is 5.52. The molecule has 0 bridgehead atoms. The van der Waals surface area contributed by atoms with Crippen molar-refractivity contribution >= 4 is 0 Å². The Morgan fingerprint density at radius 3 is 2.31 bits per heavy atom. The Kier molecular flexibility index (Phi) is 4.58. The summed E-state index contributed by atoms with van der Waals surface area (Å²) in [6.45, 7) is 11.4. The van der Waals surface area contributed by atoms with Crippen molar-refractivity contribution in [1.29, 1.82) is 0 Å². The third-order valence-corrected chi connectivity index (χ3v) is 3.25. The number of aryl methyl sites for hydroxylation is 1. The van der Waals surface area contributed by atoms with Crippen LogP contribution in [0.1, 0.15) is 63.6 Å². The van der Waals surface area contributed by atoms with E-state index in [1.165, 1.54) is 36.8 Å². The van der Waals surface area contributed by atoms with Crippen molar-refractivity contribution in [3.8, 4) is 0 Å². The van der Waals surface area contributed by atoms with Gasteiger partial charge in [-0.2, -0.15) is 0 Å². The van der Waals surface area contributed by atoms with E-state index in [1.54, 1.807) is 5.56 Å². The molecule has 0 heterocycles. The standard InChI is InChI=1S/C16H26/c1-6-7-8-11-14-13(2)10-9-12-15(14)16(3,4)5/h9-10,12H,6-8,11H2,1-5H3. The Bertz CT molecular complexity index is 328. The Morgan fingerprint density at radius 1 is 1.06 bits per heavy atom. The molecule has 16 heavy (non-hydrogen) atoms. The molecule has 0 aliphatic heterocycles. The van der Waals surface area contributed by atoms with Gasteiger partial charge in [0.15, 0.2) is 0 Å². The normalized spacial score (nSPS) is 11.8. The lowest BCUT2D eigenvalue weighted by Gasteiger charge is -2.24. The quantitative estimate of drug-likeness (QED) is 0.622. The van der Waals surface area contributed by atoms with Gasteiger partial charge in [0, 0.05) is 0 Å². The van der Waals surface area contributed by atoms with Gasteiger partial charge in [-0.25, -0.2) is 0 Å². The van der Waals surface area contributed by atoms with Crippen LogP contribution >= 0.6 is 0 Å². The lowest BCUT2D eigenvalue weighted by molar-refractivity contribution is 0.577. The van der Waals surface area contributed by atoms with Crippen LogP contribution in [0, 0.1) is 6.92 Å². The van der Waals surface area contributed by atoms with Crippen LogP contribution in [0.15, 0.2) is 18.2 Å². The first-order valence-electron chi connectivity index (χ1n) is 6.55. The fraction of sp³-hybridized carbons (Fsp3) is 0.625. The van der Waals surface area contributed by atoms with Crippen LogP contribution in [0.2, 0.25) is 0 Å². The largest absolute Gasteiger partial charge is 0.0654 e. The summed E-state index contributed by atoms with van der Waals surface area (Å²) in [6, 6.07) is 6.74. The zero-order chi connectivity index (χ0) is 12.2. The van der Waals surface area contributed by atoms with Crippen molar-refractivity contribution in [2.75, 3.05) is 0 Å². The van der Waals surface area contributed by atoms with Crippen LogP contribution in [0.4, 0.5) is 0 Å². The fourth-order valence-electron chi connectivity index (χ4n) is 2.29. The van der Waals surface area contributed by atoms with Gasteiger partial charge in [0.05, 0.1) is 0 Å². The SMILES string of the molecule is CCCCCc1c(C)cccc1C(C)(C)C. The molecular formula is C16H26. The number of hydrogen-bond acceptors (Lipinski definition) is 0. The number of hydrogen-bond donors (Lipinski definition) is 0. The fourth-order valence-corrected chi connectivity index (χ4v) is 2.29. The average molecular weight is 218 g/mol. The molecule has 0 N–H and O–H groups in total. The van der Waals surface area contributed by atoms with Crippen molar-refractivity contribution in [1.82, 2.24) is 0 Å². The monoisotopic (exact) mass is 218 g/mol. The van der Waals surface area contributed by atoms with Gasteiger partial charge < -0.3 is 0 Å². The van der Waals surface area contributed by atoms with E-state index in [4.69, 9.17) is 0 Å². The lowest BCUT2D eigenvalue weighted by Crippen LogP contribution is -2.15. The van der Waals surface area contributed by atoms with Gasteiger partial charge >= 0.3 is 0 Å². The molecule has 0 amide bonds. The van der Waals surface area contributed by atoms with E-state index in [1.807, 2.05) is 0 Å². The molecule has 1 aromatic carbocycles. The van der Waals surface area contributed by atoms with E-state index in [0.717, 1.165) is 0 Å². The van der Waals surface area contributed by atoms with Crippen molar-refractivity contribution in [2.45, 2.75) is 65.7 Å². The summed E-state index contributed by atoms with van der Waals surface area (Å²) in [5.74, 6) is 0. The minimum absolute atomic E-state index is 0.271. The van der Waals surface area contributed by atoms with Crippen LogP contribution in [-0.4, -0.2) is 0 Å². The number of rotatable bonds is 4. The summed E-state index contributed by atoms with van der Waals surface area (Å²) < 4.78 is 0. The topological polar surface area (TPSA) is 0 Å². The van der Waals surface area contributed by atoms with E-state index in [-0.39, 0.29) is 5.41 Å². The third kappa shape index (κ3) is 3.37. The Hall–Kier alpha value is -0.780. The van der Waals surface area contributed by atoms with E-state index in [9.17, 15) is 0 Å². The Morgan fingerprint density at radius 2 is 1.75 bits per heavy atom. The highest BCUT2D eigenvalue weighted by Gasteiger charge is 2.18. The number of benzene rings is 1. The predicted octanol–water partition coefficient (Wildman–Crippen LogP) is 5.03. The summed E-state index contributed by atoms with van der Waals surface area (Å²) in [5, 5.41) is 0. The first kappa shape index (κ1) is 13.3. The lowest BCUT2D eigenvalue weighted by atomic mass is 9.81. The van der Waals surface area contributed by atoms with E-state index in [0.29, 0.717) is 0 Å². The van der Waals surface area contributed by atoms with Crippen molar-refractivity contribution in [3.63, 3.8) is 0 Å². The maximum absolute atomic E-state index is 2.31. The van der Waals surface area contributed by atoms with Crippen LogP contribution in [0.5, 0.6) is 0 Å². The first-order chi connectivity index (χ1) is 7.46. The van der Waals surface area contributed by atoms with Crippen LogP contribution in [0.25, 0.3) is 0 Å². The zero-order valence-corrected chi connectivity index (χ0v) is 11.6. The number of unbranched alkanes of at least 4 members (excludes halogenated alkanes) is 2. The van der Waals surface area contributed by atoms with E-state index >= 15 is 0 Å². The van der Waals surface area contributed by atoms with Gasteiger partial charge in [-0.1, -0.05) is 58.7 Å². The highest BCUT2D eigenvalue weighted by molar-refractivity contribution is 5.38. The van der Waals surface area contributed by atoms with Gasteiger partial charge in [0.2, 0.25) is 0 Å². The summed E-state index contributed by atoms with van der Waals surface area (Å²) in [5.41, 5.74) is 4.85. The van der Waals surface area contributed by atoms with Crippen LogP contribution in [0.3, 0.4) is 0 Å². The van der Waals surface area contributed by atoms with E-state index < -0.39 is 0 Å². The van der Waals surface area contributed by atoms with Gasteiger partial charge in [-0.05, 0) is 41.9 Å². The van der Waals surface area contributed by atoms with Crippen LogP contribution in [-0.2, 0) is 11.8 Å². The molecule has 0 nitrogen and oxygen atoms in total. The molecule has 0 aliphatic rings. The summed E-state index contributed by atoms with van der Waals surface area (Å²) in [4.78, 5) is 0. The molecule has 0 spiro atoms. The van der Waals surface area contributed by atoms with Gasteiger partial charge in [-0.3, -0.25) is 0 Å². The summed E-state index contributed by atoms with van der Waals surface area (Å²) >= 11 is 0. The molecule has 0 fully saturated rings. The molecular weight excluding hydrogens is 192 g/mol. The van der Waals surface area contributed by atoms with Gasteiger partial charge in [0.25, 0.3) is 0 Å². The van der Waals surface area contributed by atoms with Crippen molar-refractivity contribution < 1.29 is 0 Å². The molecule has 0 radical (unpaired) electrons. The van der Waals surface area contributed by atoms with E-state index in [2.05, 4.69) is 52.8 Å². The van der Waals surface area contributed by atoms with Crippen molar-refractivity contribution in [2.24, 2.45) is 0 Å². The molecule has 1 rings (SSSR count). The Balaban J connectivity index is 2.95. The first-order valence-corrected chi connectivity index (χ1v) is 6.55. The van der Waals surface area contributed by atoms with Crippen LogP contribution < -0.4 is 0 Å². The maximum Gasteiger partial charge on any atom is -0.0129 e. The highest BCUT2D eigenvalue weighted by Crippen LogP contribution is 2.28. The minimum atomic E-state index is 0.271. The molecule has 0 heteroatoms. The molecule has 0 saturated carbocycles. The summed E-state index contributed by atoms with van der Waals surface area (Å²) in [6.07, 6.45) is 5.21. The smallest absolute Gasteiger partial charge is 0.0129 e. The van der Waals surface area contributed by atoms with Gasteiger partial charge in [-0.15, -0.1) is 0 Å². The molecule has 0 saturated heterocycles. The highest BCUT2D eigenvalue weighted by atomic mass is 14.2.